The lowest BCUT2D eigenvalue weighted by Crippen LogP contribution is -2.20. The molecule has 122 valence electrons. The third kappa shape index (κ3) is 3.27. The molecule has 0 saturated carbocycles. The highest BCUT2D eigenvalue weighted by Gasteiger charge is 2.16. The fraction of sp³-hybridized carbons (Fsp3) is 0.167. The van der Waals surface area contributed by atoms with Crippen molar-refractivity contribution < 1.29 is 0 Å². The van der Waals surface area contributed by atoms with E-state index in [0.717, 1.165) is 12.2 Å². The van der Waals surface area contributed by atoms with E-state index in [1.54, 1.807) is 6.20 Å². The zero-order valence-corrected chi connectivity index (χ0v) is 13.8. The van der Waals surface area contributed by atoms with Gasteiger partial charge in [-0.1, -0.05) is 18.2 Å². The molecule has 0 unspecified atom stereocenters. The van der Waals surface area contributed by atoms with Gasteiger partial charge in [0.25, 0.3) is 0 Å². The van der Waals surface area contributed by atoms with Gasteiger partial charge in [0.2, 0.25) is 0 Å². The van der Waals surface area contributed by atoms with Gasteiger partial charge in [0.15, 0.2) is 11.6 Å². The van der Waals surface area contributed by atoms with Crippen LogP contribution in [0.4, 0.5) is 28.8 Å². The SMILES string of the molecule is CCN(c1cccc(C)c1)c1ncnc(Nc2ccccn2)c1N. The van der Waals surface area contributed by atoms with Gasteiger partial charge in [-0.2, -0.15) is 0 Å². The first-order valence-corrected chi connectivity index (χ1v) is 7.81. The van der Waals surface area contributed by atoms with Gasteiger partial charge in [-0.3, -0.25) is 0 Å². The van der Waals surface area contributed by atoms with Crippen molar-refractivity contribution in [3.05, 3.63) is 60.6 Å². The number of pyridine rings is 1. The first-order valence-electron chi connectivity index (χ1n) is 7.81. The Kier molecular flexibility index (Phi) is 4.56. The van der Waals surface area contributed by atoms with Crippen molar-refractivity contribution in [1.29, 1.82) is 0 Å². The maximum Gasteiger partial charge on any atom is 0.161 e. The number of hydrogen-bond acceptors (Lipinski definition) is 6. The van der Waals surface area contributed by atoms with Gasteiger partial charge >= 0.3 is 0 Å². The second-order valence-electron chi connectivity index (χ2n) is 5.38. The minimum atomic E-state index is 0.492. The lowest BCUT2D eigenvalue weighted by Gasteiger charge is -2.24. The third-order valence-electron chi connectivity index (χ3n) is 3.66. The first kappa shape index (κ1) is 15.7. The molecule has 0 bridgehead atoms. The second-order valence-corrected chi connectivity index (χ2v) is 5.38. The van der Waals surface area contributed by atoms with Gasteiger partial charge in [0.05, 0.1) is 0 Å². The molecule has 3 aromatic rings. The lowest BCUT2D eigenvalue weighted by molar-refractivity contribution is 0.979. The number of hydrogen-bond donors (Lipinski definition) is 2. The van der Waals surface area contributed by atoms with Gasteiger partial charge in [-0.15, -0.1) is 0 Å². The summed E-state index contributed by atoms with van der Waals surface area (Å²) in [5.74, 6) is 1.91. The Balaban J connectivity index is 1.97. The molecule has 0 atom stereocenters. The van der Waals surface area contributed by atoms with Crippen LogP contribution in [0.25, 0.3) is 0 Å². The fourth-order valence-corrected chi connectivity index (χ4v) is 2.51. The highest BCUT2D eigenvalue weighted by Crippen LogP contribution is 2.32. The van der Waals surface area contributed by atoms with E-state index < -0.39 is 0 Å². The minimum Gasteiger partial charge on any atom is -0.393 e. The Labute approximate surface area is 141 Å². The molecular formula is C18H20N6. The predicted molar refractivity (Wildman–Crippen MR) is 97.8 cm³/mol. The maximum absolute atomic E-state index is 6.33. The van der Waals surface area contributed by atoms with Crippen LogP contribution in [0.2, 0.25) is 0 Å². The van der Waals surface area contributed by atoms with E-state index in [-0.39, 0.29) is 0 Å². The molecule has 24 heavy (non-hydrogen) atoms. The molecule has 0 aliphatic carbocycles. The lowest BCUT2D eigenvalue weighted by atomic mass is 10.2. The fourth-order valence-electron chi connectivity index (χ4n) is 2.51. The van der Waals surface area contributed by atoms with E-state index in [4.69, 9.17) is 5.73 Å². The van der Waals surface area contributed by atoms with Gasteiger partial charge in [0, 0.05) is 18.4 Å². The molecule has 0 fully saturated rings. The van der Waals surface area contributed by atoms with Crippen molar-refractivity contribution in [2.45, 2.75) is 13.8 Å². The number of aromatic nitrogens is 3. The highest BCUT2D eigenvalue weighted by atomic mass is 15.2. The second kappa shape index (κ2) is 6.95. The Morgan fingerprint density at radius 2 is 1.96 bits per heavy atom. The van der Waals surface area contributed by atoms with Crippen LogP contribution in [-0.2, 0) is 0 Å². The number of rotatable bonds is 5. The van der Waals surface area contributed by atoms with E-state index in [1.165, 1.54) is 11.9 Å². The zero-order valence-electron chi connectivity index (χ0n) is 13.8. The number of nitrogens with zero attached hydrogens (tertiary/aromatic N) is 4. The van der Waals surface area contributed by atoms with Crippen LogP contribution in [0.15, 0.2) is 55.0 Å². The summed E-state index contributed by atoms with van der Waals surface area (Å²) in [6.45, 7) is 4.87. The Morgan fingerprint density at radius 3 is 2.67 bits per heavy atom. The summed E-state index contributed by atoms with van der Waals surface area (Å²) < 4.78 is 0. The van der Waals surface area contributed by atoms with Crippen LogP contribution in [-0.4, -0.2) is 21.5 Å². The summed E-state index contributed by atoms with van der Waals surface area (Å²) in [5, 5.41) is 3.14. The Hall–Kier alpha value is -3.15. The van der Waals surface area contributed by atoms with Crippen LogP contribution < -0.4 is 16.0 Å². The average molecular weight is 320 g/mol. The summed E-state index contributed by atoms with van der Waals surface area (Å²) in [6, 6.07) is 13.9. The number of anilines is 5. The van der Waals surface area contributed by atoms with Crippen LogP contribution in [0, 0.1) is 6.92 Å². The predicted octanol–water partition coefficient (Wildman–Crippen LogP) is 3.66. The van der Waals surface area contributed by atoms with Crippen molar-refractivity contribution in [1.82, 2.24) is 15.0 Å². The number of nitrogens with one attached hydrogen (secondary N) is 1. The maximum atomic E-state index is 6.33. The van der Waals surface area contributed by atoms with Gasteiger partial charge in [-0.25, -0.2) is 15.0 Å². The van der Waals surface area contributed by atoms with Crippen LogP contribution >= 0.6 is 0 Å². The number of benzene rings is 1. The Bertz CT molecular complexity index is 819. The molecule has 0 radical (unpaired) electrons. The quantitative estimate of drug-likeness (QED) is 0.747. The molecule has 2 aromatic heterocycles. The first-order chi connectivity index (χ1) is 11.7. The largest absolute Gasteiger partial charge is 0.393 e. The van der Waals surface area contributed by atoms with Crippen LogP contribution in [0.3, 0.4) is 0 Å². The van der Waals surface area contributed by atoms with Crippen molar-refractivity contribution in [2.24, 2.45) is 0 Å². The number of aryl methyl sites for hydroxylation is 1. The van der Waals surface area contributed by atoms with Crippen molar-refractivity contribution in [3.63, 3.8) is 0 Å². The highest BCUT2D eigenvalue weighted by molar-refractivity contribution is 5.81. The van der Waals surface area contributed by atoms with E-state index in [0.29, 0.717) is 23.1 Å². The molecule has 6 heteroatoms. The van der Waals surface area contributed by atoms with Crippen molar-refractivity contribution in [2.75, 3.05) is 22.5 Å². The molecule has 3 rings (SSSR count). The molecule has 0 saturated heterocycles. The summed E-state index contributed by atoms with van der Waals surface area (Å²) in [5.41, 5.74) is 9.05. The smallest absolute Gasteiger partial charge is 0.161 e. The molecular weight excluding hydrogens is 300 g/mol. The summed E-state index contributed by atoms with van der Waals surface area (Å²) in [6.07, 6.45) is 3.22. The molecule has 1 aromatic carbocycles. The molecule has 2 heterocycles. The number of nitrogen functional groups attached to an aromatic ring is 1. The standard InChI is InChI=1S/C18H20N6/c1-3-24(14-8-6-7-13(2)11-14)18-16(19)17(21-12-22-18)23-15-9-4-5-10-20-15/h4-12H,3,19H2,1-2H3,(H,20,21,22,23). The Morgan fingerprint density at radius 1 is 1.08 bits per heavy atom. The number of nitrogens with two attached hydrogens (primary N) is 1. The van der Waals surface area contributed by atoms with E-state index in [1.807, 2.05) is 30.3 Å². The topological polar surface area (TPSA) is 80.0 Å². The normalized spacial score (nSPS) is 10.4. The monoisotopic (exact) mass is 320 g/mol. The van der Waals surface area contributed by atoms with Gasteiger partial charge in [0.1, 0.15) is 17.8 Å². The zero-order chi connectivity index (χ0) is 16.9. The van der Waals surface area contributed by atoms with Gasteiger partial charge < -0.3 is 16.0 Å². The minimum absolute atomic E-state index is 0.492. The summed E-state index contributed by atoms with van der Waals surface area (Å²) >= 11 is 0. The van der Waals surface area contributed by atoms with Crippen molar-refractivity contribution >= 4 is 28.8 Å². The average Bonchev–Trinajstić information content (AvgIpc) is 2.60. The van der Waals surface area contributed by atoms with E-state index in [9.17, 15) is 0 Å². The molecule has 0 aliphatic heterocycles. The summed E-state index contributed by atoms with van der Waals surface area (Å²) in [7, 11) is 0. The molecule has 0 amide bonds. The van der Waals surface area contributed by atoms with E-state index >= 15 is 0 Å². The molecule has 3 N–H and O–H groups in total. The van der Waals surface area contributed by atoms with Crippen LogP contribution in [0.5, 0.6) is 0 Å². The van der Waals surface area contributed by atoms with Crippen LogP contribution in [0.1, 0.15) is 12.5 Å². The third-order valence-corrected chi connectivity index (χ3v) is 3.66. The van der Waals surface area contributed by atoms with Crippen molar-refractivity contribution in [3.8, 4) is 0 Å². The van der Waals surface area contributed by atoms with E-state index in [2.05, 4.69) is 51.1 Å². The molecule has 6 nitrogen and oxygen atoms in total. The molecule has 0 aliphatic rings. The van der Waals surface area contributed by atoms with Gasteiger partial charge in [-0.05, 0) is 43.7 Å². The summed E-state index contributed by atoms with van der Waals surface area (Å²) in [4.78, 5) is 14.9. The molecule has 0 spiro atoms.